The first kappa shape index (κ1) is 16.3. The van der Waals surface area contributed by atoms with E-state index in [2.05, 4.69) is 10.6 Å². The van der Waals surface area contributed by atoms with Crippen LogP contribution in [-0.2, 0) is 6.18 Å². The van der Waals surface area contributed by atoms with Crippen molar-refractivity contribution in [2.75, 3.05) is 11.9 Å². The number of rotatable bonds is 5. The highest BCUT2D eigenvalue weighted by Crippen LogP contribution is 2.34. The molecule has 112 valence electrons. The van der Waals surface area contributed by atoms with Gasteiger partial charge in [-0.15, -0.1) is 0 Å². The van der Waals surface area contributed by atoms with E-state index < -0.39 is 17.8 Å². The molecule has 20 heavy (non-hydrogen) atoms. The van der Waals surface area contributed by atoms with Gasteiger partial charge >= 0.3 is 12.2 Å². The fourth-order valence-corrected chi connectivity index (χ4v) is 1.58. The average Bonchev–Trinajstić information content (AvgIpc) is 2.37. The smallest absolute Gasteiger partial charge is 0.338 e. The van der Waals surface area contributed by atoms with Crippen LogP contribution in [0.5, 0.6) is 0 Å². The molecule has 0 heterocycles. The molecule has 0 bridgehead atoms. The Morgan fingerprint density at radius 1 is 1.35 bits per heavy atom. The molecule has 0 aliphatic heterocycles. The summed E-state index contributed by atoms with van der Waals surface area (Å²) in [6, 6.07) is 4.12. The van der Waals surface area contributed by atoms with Gasteiger partial charge in [0.05, 0.1) is 11.3 Å². The van der Waals surface area contributed by atoms with Gasteiger partial charge in [-0.3, -0.25) is 0 Å². The molecule has 1 aromatic rings. The third kappa shape index (κ3) is 5.08. The van der Waals surface area contributed by atoms with Gasteiger partial charge < -0.3 is 16.4 Å². The largest absolute Gasteiger partial charge is 0.418 e. The van der Waals surface area contributed by atoms with Crippen LogP contribution in [0.25, 0.3) is 0 Å². The molecule has 4 N–H and O–H groups in total. The highest BCUT2D eigenvalue weighted by atomic mass is 19.4. The molecule has 7 heteroatoms. The fourth-order valence-electron chi connectivity index (χ4n) is 1.58. The summed E-state index contributed by atoms with van der Waals surface area (Å²) in [6.45, 7) is 2.24. The third-order valence-electron chi connectivity index (χ3n) is 2.81. The average molecular weight is 289 g/mol. The number of nitrogens with one attached hydrogen (secondary N) is 2. The zero-order chi connectivity index (χ0) is 15.2. The molecule has 0 spiro atoms. The van der Waals surface area contributed by atoms with Crippen molar-refractivity contribution in [1.82, 2.24) is 5.32 Å². The number of carbonyl (C=O) groups is 1. The Hall–Kier alpha value is -1.76. The number of nitrogens with two attached hydrogens (primary N) is 1. The molecule has 4 nitrogen and oxygen atoms in total. The van der Waals surface area contributed by atoms with Crippen LogP contribution in [0.2, 0.25) is 0 Å². The number of hydrogen-bond acceptors (Lipinski definition) is 2. The molecule has 1 aromatic carbocycles. The van der Waals surface area contributed by atoms with Crippen molar-refractivity contribution in [2.24, 2.45) is 5.73 Å². The number of carbonyl (C=O) groups excluding carboxylic acids is 1. The predicted molar refractivity (Wildman–Crippen MR) is 71.3 cm³/mol. The summed E-state index contributed by atoms with van der Waals surface area (Å²) in [5.74, 6) is 0. The normalized spacial score (nSPS) is 12.8. The molecule has 1 unspecified atom stereocenters. The van der Waals surface area contributed by atoms with Crippen molar-refractivity contribution in [3.05, 3.63) is 29.8 Å². The lowest BCUT2D eigenvalue weighted by atomic mass is 10.1. The lowest BCUT2D eigenvalue weighted by Crippen LogP contribution is -2.33. The van der Waals surface area contributed by atoms with Gasteiger partial charge in [-0.25, -0.2) is 4.79 Å². The molecule has 1 rings (SSSR count). The highest BCUT2D eigenvalue weighted by molar-refractivity contribution is 5.90. The van der Waals surface area contributed by atoms with Crippen LogP contribution < -0.4 is 16.4 Å². The molecule has 0 saturated carbocycles. The number of amides is 2. The van der Waals surface area contributed by atoms with Gasteiger partial charge in [0.25, 0.3) is 0 Å². The van der Waals surface area contributed by atoms with Crippen molar-refractivity contribution in [1.29, 1.82) is 0 Å². The summed E-state index contributed by atoms with van der Waals surface area (Å²) in [4.78, 5) is 11.5. The van der Waals surface area contributed by atoms with Crippen molar-refractivity contribution in [3.8, 4) is 0 Å². The molecular formula is C13H18F3N3O. The molecule has 2 amide bonds. The Bertz CT molecular complexity index is 449. The quantitative estimate of drug-likeness (QED) is 0.780. The number of para-hydroxylation sites is 1. The molecule has 0 aliphatic rings. The number of halogens is 3. The Kier molecular flexibility index (Phi) is 5.82. The topological polar surface area (TPSA) is 67.1 Å². The summed E-state index contributed by atoms with van der Waals surface area (Å²) < 4.78 is 38.1. The maximum absolute atomic E-state index is 12.7. The first-order valence-corrected chi connectivity index (χ1v) is 6.31. The van der Waals surface area contributed by atoms with Gasteiger partial charge in [0.15, 0.2) is 0 Å². The fraction of sp³-hybridized carbons (Fsp3) is 0.462. The number of urea groups is 1. The van der Waals surface area contributed by atoms with E-state index in [-0.39, 0.29) is 11.7 Å². The molecular weight excluding hydrogens is 271 g/mol. The van der Waals surface area contributed by atoms with Gasteiger partial charge in [0.1, 0.15) is 0 Å². The van der Waals surface area contributed by atoms with E-state index in [0.717, 1.165) is 12.5 Å². The van der Waals surface area contributed by atoms with Crippen LogP contribution in [0.1, 0.15) is 25.3 Å². The predicted octanol–water partition coefficient (Wildman–Crippen LogP) is 2.95. The van der Waals surface area contributed by atoms with Crippen LogP contribution in [0.4, 0.5) is 23.7 Å². The maximum atomic E-state index is 12.7. The van der Waals surface area contributed by atoms with E-state index in [0.29, 0.717) is 13.0 Å². The molecule has 0 radical (unpaired) electrons. The second-order valence-electron chi connectivity index (χ2n) is 4.38. The zero-order valence-corrected chi connectivity index (χ0v) is 11.1. The van der Waals surface area contributed by atoms with E-state index in [1.54, 1.807) is 0 Å². The Morgan fingerprint density at radius 2 is 2.00 bits per heavy atom. The van der Waals surface area contributed by atoms with Crippen LogP contribution in [0.3, 0.4) is 0 Å². The maximum Gasteiger partial charge on any atom is 0.418 e. The van der Waals surface area contributed by atoms with Crippen LogP contribution >= 0.6 is 0 Å². The van der Waals surface area contributed by atoms with Crippen molar-refractivity contribution in [2.45, 2.75) is 32.0 Å². The number of benzene rings is 1. The molecule has 1 atom stereocenters. The first-order valence-electron chi connectivity index (χ1n) is 6.31. The SMILES string of the molecule is CCC(N)CCNC(=O)Nc1ccccc1C(F)(F)F. The number of hydrogen-bond donors (Lipinski definition) is 3. The summed E-state index contributed by atoms with van der Waals surface area (Å²) in [5.41, 5.74) is 4.53. The Labute approximate surface area is 115 Å². The first-order chi connectivity index (χ1) is 9.34. The minimum absolute atomic E-state index is 0.0299. The zero-order valence-electron chi connectivity index (χ0n) is 11.1. The monoisotopic (exact) mass is 289 g/mol. The lowest BCUT2D eigenvalue weighted by molar-refractivity contribution is -0.136. The van der Waals surface area contributed by atoms with Crippen LogP contribution in [-0.4, -0.2) is 18.6 Å². The summed E-state index contributed by atoms with van der Waals surface area (Å²) in [5, 5.41) is 4.68. The van der Waals surface area contributed by atoms with Gasteiger partial charge in [-0.05, 0) is 25.0 Å². The second-order valence-corrected chi connectivity index (χ2v) is 4.38. The van der Waals surface area contributed by atoms with E-state index in [1.807, 2.05) is 6.92 Å². The van der Waals surface area contributed by atoms with Gasteiger partial charge in [-0.2, -0.15) is 13.2 Å². The van der Waals surface area contributed by atoms with Gasteiger partial charge in [0, 0.05) is 12.6 Å². The number of alkyl halides is 3. The highest BCUT2D eigenvalue weighted by Gasteiger charge is 2.33. The van der Waals surface area contributed by atoms with Gasteiger partial charge in [-0.1, -0.05) is 19.1 Å². The Morgan fingerprint density at radius 3 is 2.60 bits per heavy atom. The standard InChI is InChI=1S/C13H18F3N3O/c1-2-9(17)7-8-18-12(20)19-11-6-4-3-5-10(11)13(14,15)16/h3-6,9H,2,7-8,17H2,1H3,(H2,18,19,20). The molecule has 0 fully saturated rings. The molecule has 0 saturated heterocycles. The summed E-state index contributed by atoms with van der Waals surface area (Å²) >= 11 is 0. The summed E-state index contributed by atoms with van der Waals surface area (Å²) in [6.07, 6.45) is -3.15. The minimum atomic E-state index is -4.51. The number of anilines is 1. The minimum Gasteiger partial charge on any atom is -0.338 e. The van der Waals surface area contributed by atoms with Gasteiger partial charge in [0.2, 0.25) is 0 Å². The summed E-state index contributed by atoms with van der Waals surface area (Å²) in [7, 11) is 0. The Balaban J connectivity index is 2.58. The van der Waals surface area contributed by atoms with Crippen molar-refractivity contribution >= 4 is 11.7 Å². The van der Waals surface area contributed by atoms with Crippen molar-refractivity contribution in [3.63, 3.8) is 0 Å². The second kappa shape index (κ2) is 7.14. The van der Waals surface area contributed by atoms with Crippen molar-refractivity contribution < 1.29 is 18.0 Å². The van der Waals surface area contributed by atoms with E-state index >= 15 is 0 Å². The molecule has 0 aliphatic carbocycles. The molecule has 0 aromatic heterocycles. The van der Waals surface area contributed by atoms with E-state index in [4.69, 9.17) is 5.73 Å². The lowest BCUT2D eigenvalue weighted by Gasteiger charge is -2.14. The van der Waals surface area contributed by atoms with Crippen LogP contribution in [0, 0.1) is 0 Å². The van der Waals surface area contributed by atoms with E-state index in [9.17, 15) is 18.0 Å². The third-order valence-corrected chi connectivity index (χ3v) is 2.81. The van der Waals surface area contributed by atoms with Crippen LogP contribution in [0.15, 0.2) is 24.3 Å². The van der Waals surface area contributed by atoms with E-state index in [1.165, 1.54) is 18.2 Å².